The average Bonchev–Trinajstić information content (AvgIpc) is 2.82. The summed E-state index contributed by atoms with van der Waals surface area (Å²) < 4.78 is 1.09. The Kier molecular flexibility index (Phi) is 5.59. The number of carbonyl (C=O) groups is 1. The van der Waals surface area contributed by atoms with Crippen molar-refractivity contribution in [2.24, 2.45) is 0 Å². The number of hydrogen-bond acceptors (Lipinski definition) is 4. The molecule has 114 valence electrons. The minimum absolute atomic E-state index is 0.0877. The third kappa shape index (κ3) is 3.74. The van der Waals surface area contributed by atoms with Crippen molar-refractivity contribution in [1.82, 2.24) is 5.32 Å². The van der Waals surface area contributed by atoms with Crippen molar-refractivity contribution in [3.05, 3.63) is 28.6 Å². The molecule has 0 saturated heterocycles. The van der Waals surface area contributed by atoms with Crippen molar-refractivity contribution in [3.8, 4) is 0 Å². The Balaban J connectivity index is 1.97. The van der Waals surface area contributed by atoms with E-state index in [1.165, 1.54) is 11.3 Å². The zero-order chi connectivity index (χ0) is 15.2. The molecule has 0 radical (unpaired) electrons. The molecule has 0 atom stereocenters. The van der Waals surface area contributed by atoms with Crippen LogP contribution in [0.5, 0.6) is 0 Å². The highest BCUT2D eigenvalue weighted by Gasteiger charge is 2.16. The first-order valence-electron chi connectivity index (χ1n) is 7.31. The first-order valence-corrected chi connectivity index (χ1v) is 8.13. The molecule has 5 heteroatoms. The normalized spacial score (nSPS) is 11.0. The molecule has 0 aliphatic heterocycles. The number of thiophene rings is 1. The van der Waals surface area contributed by atoms with E-state index in [1.807, 2.05) is 25.1 Å². The highest BCUT2D eigenvalue weighted by Crippen LogP contribution is 2.35. The number of amides is 1. The number of aryl methyl sites for hydroxylation is 1. The quantitative estimate of drug-likeness (QED) is 0.688. The SMILES string of the molecule is Cc1cccc2c(N)c(C(=O)NCCCCCCO)sc12. The number of rotatable bonds is 7. The molecule has 4 N–H and O–H groups in total. The fourth-order valence-electron chi connectivity index (χ4n) is 2.32. The Morgan fingerprint density at radius 3 is 2.76 bits per heavy atom. The summed E-state index contributed by atoms with van der Waals surface area (Å²) in [4.78, 5) is 12.8. The van der Waals surface area contributed by atoms with Crippen LogP contribution in [0.25, 0.3) is 10.1 Å². The number of nitrogen functional groups attached to an aromatic ring is 1. The number of carbonyl (C=O) groups excluding carboxylic acids is 1. The summed E-state index contributed by atoms with van der Waals surface area (Å²) in [5.41, 5.74) is 7.83. The Hall–Kier alpha value is -1.59. The second-order valence-corrected chi connectivity index (χ2v) is 6.21. The molecular formula is C16H22N2O2S. The minimum atomic E-state index is -0.0877. The van der Waals surface area contributed by atoms with Gasteiger partial charge in [0.25, 0.3) is 5.91 Å². The van der Waals surface area contributed by atoms with Crippen molar-refractivity contribution in [1.29, 1.82) is 0 Å². The number of nitrogens with one attached hydrogen (secondary N) is 1. The van der Waals surface area contributed by atoms with Crippen LogP contribution in [0.2, 0.25) is 0 Å². The van der Waals surface area contributed by atoms with Gasteiger partial charge in [0.05, 0.1) is 5.69 Å². The molecule has 0 spiro atoms. The van der Waals surface area contributed by atoms with Crippen LogP contribution in [0.3, 0.4) is 0 Å². The van der Waals surface area contributed by atoms with Gasteiger partial charge in [0.15, 0.2) is 0 Å². The number of aliphatic hydroxyl groups is 1. The number of nitrogens with two attached hydrogens (primary N) is 1. The van der Waals surface area contributed by atoms with E-state index in [0.29, 0.717) is 17.1 Å². The zero-order valence-corrected chi connectivity index (χ0v) is 13.1. The van der Waals surface area contributed by atoms with E-state index < -0.39 is 0 Å². The van der Waals surface area contributed by atoms with Gasteiger partial charge in [0.2, 0.25) is 0 Å². The summed E-state index contributed by atoms with van der Waals surface area (Å²) in [5.74, 6) is -0.0877. The molecule has 2 rings (SSSR count). The summed E-state index contributed by atoms with van der Waals surface area (Å²) in [6.07, 6.45) is 3.77. The third-order valence-electron chi connectivity index (χ3n) is 3.53. The van der Waals surface area contributed by atoms with E-state index in [4.69, 9.17) is 10.8 Å². The van der Waals surface area contributed by atoms with Crippen LogP contribution >= 0.6 is 11.3 Å². The van der Waals surface area contributed by atoms with Crippen molar-refractivity contribution in [3.63, 3.8) is 0 Å². The number of unbranched alkanes of at least 4 members (excludes halogenated alkanes) is 3. The van der Waals surface area contributed by atoms with E-state index in [-0.39, 0.29) is 12.5 Å². The maximum Gasteiger partial charge on any atom is 0.263 e. The summed E-state index contributed by atoms with van der Waals surface area (Å²) in [6, 6.07) is 5.95. The largest absolute Gasteiger partial charge is 0.397 e. The van der Waals surface area contributed by atoms with Gasteiger partial charge in [-0.2, -0.15) is 0 Å². The first kappa shape index (κ1) is 15.8. The second kappa shape index (κ2) is 7.43. The smallest absolute Gasteiger partial charge is 0.263 e. The van der Waals surface area contributed by atoms with Gasteiger partial charge < -0.3 is 16.2 Å². The van der Waals surface area contributed by atoms with Gasteiger partial charge in [0.1, 0.15) is 4.88 Å². The number of anilines is 1. The molecule has 0 saturated carbocycles. The van der Waals surface area contributed by atoms with Crippen LogP contribution in [0.15, 0.2) is 18.2 Å². The van der Waals surface area contributed by atoms with Gasteiger partial charge in [-0.3, -0.25) is 4.79 Å². The Morgan fingerprint density at radius 2 is 2.05 bits per heavy atom. The lowest BCUT2D eigenvalue weighted by atomic mass is 10.1. The molecule has 0 fully saturated rings. The van der Waals surface area contributed by atoms with Crippen LogP contribution in [-0.4, -0.2) is 24.2 Å². The van der Waals surface area contributed by atoms with E-state index in [2.05, 4.69) is 5.32 Å². The van der Waals surface area contributed by atoms with Crippen LogP contribution in [0.1, 0.15) is 40.9 Å². The lowest BCUT2D eigenvalue weighted by Crippen LogP contribution is -2.24. The third-order valence-corrected chi connectivity index (χ3v) is 4.88. The van der Waals surface area contributed by atoms with Crippen LogP contribution in [0, 0.1) is 6.92 Å². The lowest BCUT2D eigenvalue weighted by molar-refractivity contribution is 0.0957. The molecular weight excluding hydrogens is 284 g/mol. The van der Waals surface area contributed by atoms with Gasteiger partial charge in [-0.1, -0.05) is 31.0 Å². The van der Waals surface area contributed by atoms with E-state index in [1.54, 1.807) is 0 Å². The molecule has 1 amide bonds. The monoisotopic (exact) mass is 306 g/mol. The van der Waals surface area contributed by atoms with Crippen molar-refractivity contribution < 1.29 is 9.90 Å². The summed E-state index contributed by atoms with van der Waals surface area (Å²) in [7, 11) is 0. The predicted molar refractivity (Wildman–Crippen MR) is 88.9 cm³/mol. The molecule has 0 unspecified atom stereocenters. The van der Waals surface area contributed by atoms with Crippen LogP contribution in [0.4, 0.5) is 5.69 Å². The second-order valence-electron chi connectivity index (χ2n) is 5.19. The van der Waals surface area contributed by atoms with Gasteiger partial charge in [-0.25, -0.2) is 0 Å². The van der Waals surface area contributed by atoms with E-state index >= 15 is 0 Å². The number of benzene rings is 1. The number of hydrogen-bond donors (Lipinski definition) is 3. The number of fused-ring (bicyclic) bond motifs is 1. The standard InChI is InChI=1S/C16H22N2O2S/c1-11-7-6-8-12-13(17)15(21-14(11)12)16(20)18-9-4-2-3-5-10-19/h6-8,19H,2-5,9-10,17H2,1H3,(H,18,20). The van der Waals surface area contributed by atoms with E-state index in [9.17, 15) is 4.79 Å². The fraction of sp³-hybridized carbons (Fsp3) is 0.438. The van der Waals surface area contributed by atoms with Crippen LogP contribution < -0.4 is 11.1 Å². The number of aliphatic hydroxyl groups excluding tert-OH is 1. The van der Waals surface area contributed by atoms with Gasteiger partial charge >= 0.3 is 0 Å². The summed E-state index contributed by atoms with van der Waals surface area (Å²) in [5, 5.41) is 12.6. The molecule has 1 aromatic carbocycles. The van der Waals surface area contributed by atoms with Crippen molar-refractivity contribution in [2.45, 2.75) is 32.6 Å². The summed E-state index contributed by atoms with van der Waals surface area (Å²) >= 11 is 1.46. The Bertz CT molecular complexity index is 622. The van der Waals surface area contributed by atoms with Gasteiger partial charge in [-0.05, 0) is 25.3 Å². The minimum Gasteiger partial charge on any atom is -0.397 e. The average molecular weight is 306 g/mol. The maximum absolute atomic E-state index is 12.2. The van der Waals surface area contributed by atoms with Gasteiger partial charge in [-0.15, -0.1) is 11.3 Å². The molecule has 2 aromatic rings. The van der Waals surface area contributed by atoms with Crippen LogP contribution in [-0.2, 0) is 0 Å². The van der Waals surface area contributed by atoms with Crippen molar-refractivity contribution >= 4 is 33.0 Å². The molecule has 0 aliphatic rings. The summed E-state index contributed by atoms with van der Waals surface area (Å²) in [6.45, 7) is 2.92. The van der Waals surface area contributed by atoms with Crippen molar-refractivity contribution in [2.75, 3.05) is 18.9 Å². The highest BCUT2D eigenvalue weighted by molar-refractivity contribution is 7.21. The highest BCUT2D eigenvalue weighted by atomic mass is 32.1. The molecule has 0 aliphatic carbocycles. The Labute approximate surface area is 129 Å². The molecule has 1 heterocycles. The molecule has 0 bridgehead atoms. The molecule has 4 nitrogen and oxygen atoms in total. The van der Waals surface area contributed by atoms with Gasteiger partial charge in [0, 0.05) is 23.2 Å². The Morgan fingerprint density at radius 1 is 1.29 bits per heavy atom. The van der Waals surface area contributed by atoms with E-state index in [0.717, 1.165) is 41.3 Å². The first-order chi connectivity index (χ1) is 10.1. The topological polar surface area (TPSA) is 75.4 Å². The predicted octanol–water partition coefficient (Wildman–Crippen LogP) is 3.07. The zero-order valence-electron chi connectivity index (χ0n) is 12.3. The molecule has 21 heavy (non-hydrogen) atoms. The molecule has 1 aromatic heterocycles. The maximum atomic E-state index is 12.2. The fourth-order valence-corrected chi connectivity index (χ4v) is 3.43. The lowest BCUT2D eigenvalue weighted by Gasteiger charge is -2.04.